The quantitative estimate of drug-likeness (QED) is 0.0198. The number of quaternary nitrogens is 1. The average Bonchev–Trinajstić information content (AvgIpc) is 3.15. The van der Waals surface area contributed by atoms with E-state index in [9.17, 15) is 19.0 Å². The Kier molecular flexibility index (Phi) is 37.1. The van der Waals surface area contributed by atoms with E-state index in [2.05, 4.69) is 56.4 Å². The summed E-state index contributed by atoms with van der Waals surface area (Å²) in [5, 5.41) is 0. The van der Waals surface area contributed by atoms with Gasteiger partial charge in [0.1, 0.15) is 19.8 Å². The second kappa shape index (κ2) is 38.5. The van der Waals surface area contributed by atoms with Crippen LogP contribution in [0.2, 0.25) is 0 Å². The Hall–Kier alpha value is -2.03. The Bertz CT molecular complexity index is 1100. The van der Waals surface area contributed by atoms with E-state index < -0.39 is 32.5 Å². The van der Waals surface area contributed by atoms with E-state index in [-0.39, 0.29) is 26.1 Å². The average molecular weight is 810 g/mol. The Morgan fingerprint density at radius 2 is 1.00 bits per heavy atom. The third-order valence-corrected chi connectivity index (χ3v) is 10.3. The van der Waals surface area contributed by atoms with Gasteiger partial charge in [-0.2, -0.15) is 0 Å². The minimum atomic E-state index is -4.64. The Morgan fingerprint density at radius 1 is 0.554 bits per heavy atom. The first kappa shape index (κ1) is 54.0. The largest absolute Gasteiger partial charge is 0.756 e. The molecule has 0 bridgehead atoms. The Morgan fingerprint density at radius 3 is 1.52 bits per heavy atom. The van der Waals surface area contributed by atoms with Gasteiger partial charge in [0.15, 0.2) is 6.10 Å². The lowest BCUT2D eigenvalue weighted by atomic mass is 10.1. The van der Waals surface area contributed by atoms with Gasteiger partial charge in [-0.05, 0) is 57.8 Å². The van der Waals surface area contributed by atoms with E-state index >= 15 is 0 Å². The minimum Gasteiger partial charge on any atom is -0.756 e. The van der Waals surface area contributed by atoms with Crippen LogP contribution in [0.5, 0.6) is 0 Å². The Balaban J connectivity index is 4.48. The summed E-state index contributed by atoms with van der Waals surface area (Å²) in [6.07, 6.45) is 44.5. The highest BCUT2D eigenvalue weighted by Crippen LogP contribution is 2.38. The zero-order valence-corrected chi connectivity index (χ0v) is 37.5. The number of hydrogen-bond donors (Lipinski definition) is 0. The molecule has 0 N–H and O–H groups in total. The predicted octanol–water partition coefficient (Wildman–Crippen LogP) is 12.1. The van der Waals surface area contributed by atoms with Crippen LogP contribution in [-0.4, -0.2) is 70.0 Å². The number of unbranched alkanes of at least 4 members (excludes halogenated alkanes) is 18. The van der Waals surface area contributed by atoms with Crippen LogP contribution < -0.4 is 4.89 Å². The molecule has 0 saturated carbocycles. The number of phosphoric acid groups is 1. The highest BCUT2D eigenvalue weighted by Gasteiger charge is 2.21. The van der Waals surface area contributed by atoms with Crippen molar-refractivity contribution in [1.29, 1.82) is 0 Å². The number of carbonyl (C=O) groups is 2. The van der Waals surface area contributed by atoms with Crippen LogP contribution in [0.25, 0.3) is 0 Å². The third-order valence-electron chi connectivity index (χ3n) is 9.33. The second-order valence-electron chi connectivity index (χ2n) is 16.1. The monoisotopic (exact) mass is 810 g/mol. The SMILES string of the molecule is CCCCCCCC/C=C/C/C=C/C/C=C/CCCC(=O)OC[C@H](COP(=O)([O-])OCC[N+](C)(C)C)OC(=O)CC/C=C/CCCCCCCCCCCCC. The molecule has 0 aromatic heterocycles. The van der Waals surface area contributed by atoms with Crippen molar-refractivity contribution in [2.75, 3.05) is 47.5 Å². The molecule has 0 rings (SSSR count). The maximum atomic E-state index is 12.6. The van der Waals surface area contributed by atoms with Crippen LogP contribution in [0.15, 0.2) is 48.6 Å². The van der Waals surface area contributed by atoms with E-state index in [1.54, 1.807) is 0 Å². The highest BCUT2D eigenvalue weighted by molar-refractivity contribution is 7.45. The van der Waals surface area contributed by atoms with E-state index in [1.807, 2.05) is 27.2 Å². The molecule has 9 nitrogen and oxygen atoms in total. The number of allylic oxidation sites excluding steroid dienone is 8. The molecule has 10 heteroatoms. The smallest absolute Gasteiger partial charge is 0.306 e. The molecule has 0 saturated heterocycles. The fraction of sp³-hybridized carbons (Fsp3) is 0.783. The van der Waals surface area contributed by atoms with Crippen molar-refractivity contribution in [1.82, 2.24) is 0 Å². The number of nitrogens with zero attached hydrogens (tertiary/aromatic N) is 1. The van der Waals surface area contributed by atoms with Gasteiger partial charge in [-0.25, -0.2) is 0 Å². The Labute approximate surface area is 343 Å². The molecule has 0 amide bonds. The van der Waals surface area contributed by atoms with Crippen LogP contribution in [0, 0.1) is 0 Å². The fourth-order valence-electron chi connectivity index (χ4n) is 5.81. The third kappa shape index (κ3) is 41.6. The molecule has 0 aliphatic heterocycles. The van der Waals surface area contributed by atoms with Gasteiger partial charge >= 0.3 is 11.9 Å². The van der Waals surface area contributed by atoms with Crippen molar-refractivity contribution in [3.63, 3.8) is 0 Å². The van der Waals surface area contributed by atoms with Crippen molar-refractivity contribution in [3.05, 3.63) is 48.6 Å². The molecular weight excluding hydrogens is 725 g/mol. The van der Waals surface area contributed by atoms with Gasteiger partial charge in [0, 0.05) is 12.8 Å². The molecule has 0 aliphatic rings. The summed E-state index contributed by atoms with van der Waals surface area (Å²) in [5.74, 6) is -0.953. The molecule has 0 spiro atoms. The summed E-state index contributed by atoms with van der Waals surface area (Å²) in [6.45, 7) is 4.12. The lowest BCUT2D eigenvalue weighted by Gasteiger charge is -2.28. The van der Waals surface area contributed by atoms with Crippen molar-refractivity contribution >= 4 is 19.8 Å². The molecule has 1 unspecified atom stereocenters. The summed E-state index contributed by atoms with van der Waals surface area (Å²) in [5.41, 5.74) is 0. The van der Waals surface area contributed by atoms with E-state index in [4.69, 9.17) is 18.5 Å². The van der Waals surface area contributed by atoms with Crippen LogP contribution in [0.1, 0.15) is 181 Å². The maximum absolute atomic E-state index is 12.6. The summed E-state index contributed by atoms with van der Waals surface area (Å²) >= 11 is 0. The first-order chi connectivity index (χ1) is 27.0. The summed E-state index contributed by atoms with van der Waals surface area (Å²) in [4.78, 5) is 37.5. The number of rotatable bonds is 40. The zero-order valence-electron chi connectivity index (χ0n) is 36.6. The molecule has 2 atom stereocenters. The standard InChI is InChI=1S/C46H84NO8P/c1-6-8-10-12-14-16-18-20-22-23-25-26-28-30-32-34-36-38-45(48)52-42-44(43-54-56(50,51)53-41-40-47(3,4)5)55-46(49)39-37-35-33-31-29-27-24-21-19-17-15-13-11-9-7-2/h20,22,25-26,30,32-33,35,44H,6-19,21,23-24,27-29,31,34,36-43H2,1-5H3/b22-20+,26-25+,32-30+,35-33+/t44-/m1/s1. The number of phosphoric ester groups is 1. The summed E-state index contributed by atoms with van der Waals surface area (Å²) < 4.78 is 33.8. The first-order valence-electron chi connectivity index (χ1n) is 22.3. The van der Waals surface area contributed by atoms with Crippen molar-refractivity contribution in [3.8, 4) is 0 Å². The van der Waals surface area contributed by atoms with E-state index in [0.717, 1.165) is 38.5 Å². The number of esters is 2. The van der Waals surface area contributed by atoms with Gasteiger partial charge in [0.2, 0.25) is 0 Å². The van der Waals surface area contributed by atoms with Crippen molar-refractivity contribution in [2.45, 2.75) is 187 Å². The van der Waals surface area contributed by atoms with Crippen molar-refractivity contribution < 1.29 is 42.1 Å². The molecule has 0 radical (unpaired) electrons. The number of ether oxygens (including phenoxy) is 2. The zero-order chi connectivity index (χ0) is 41.4. The van der Waals surface area contributed by atoms with Gasteiger partial charge in [-0.3, -0.25) is 14.2 Å². The molecule has 0 aliphatic carbocycles. The lowest BCUT2D eigenvalue weighted by molar-refractivity contribution is -0.870. The van der Waals surface area contributed by atoms with E-state index in [0.29, 0.717) is 23.9 Å². The molecular formula is C46H84NO8P. The van der Waals surface area contributed by atoms with Gasteiger partial charge in [-0.15, -0.1) is 0 Å². The fourth-order valence-corrected chi connectivity index (χ4v) is 6.53. The van der Waals surface area contributed by atoms with Gasteiger partial charge in [0.05, 0.1) is 27.7 Å². The van der Waals surface area contributed by atoms with Crippen LogP contribution >= 0.6 is 7.82 Å². The number of hydrogen-bond acceptors (Lipinski definition) is 8. The topological polar surface area (TPSA) is 111 Å². The molecule has 0 aromatic carbocycles. The predicted molar refractivity (Wildman–Crippen MR) is 231 cm³/mol. The normalized spacial score (nSPS) is 14.0. The highest BCUT2D eigenvalue weighted by atomic mass is 31.2. The van der Waals surface area contributed by atoms with Crippen molar-refractivity contribution in [2.24, 2.45) is 0 Å². The van der Waals surface area contributed by atoms with E-state index in [1.165, 1.54) is 103 Å². The molecule has 0 aromatic rings. The maximum Gasteiger partial charge on any atom is 0.306 e. The van der Waals surface area contributed by atoms with Gasteiger partial charge in [0.25, 0.3) is 7.82 Å². The molecule has 56 heavy (non-hydrogen) atoms. The number of likely N-dealkylation sites (N-methyl/N-ethyl adjacent to an activating group) is 1. The molecule has 0 heterocycles. The van der Waals surface area contributed by atoms with Gasteiger partial charge in [-0.1, -0.05) is 159 Å². The minimum absolute atomic E-state index is 0.0450. The summed E-state index contributed by atoms with van der Waals surface area (Å²) in [7, 11) is 1.12. The van der Waals surface area contributed by atoms with Crippen LogP contribution in [0.3, 0.4) is 0 Å². The second-order valence-corrected chi connectivity index (χ2v) is 17.5. The molecule has 0 fully saturated rings. The van der Waals surface area contributed by atoms with Crippen LogP contribution in [-0.2, 0) is 32.7 Å². The molecule has 326 valence electrons. The van der Waals surface area contributed by atoms with Gasteiger partial charge < -0.3 is 27.9 Å². The first-order valence-corrected chi connectivity index (χ1v) is 23.8. The number of carbonyl (C=O) groups excluding carboxylic acids is 2. The van der Waals surface area contributed by atoms with Crippen LogP contribution in [0.4, 0.5) is 0 Å². The lowest BCUT2D eigenvalue weighted by Crippen LogP contribution is -2.37. The summed E-state index contributed by atoms with van der Waals surface area (Å²) in [6, 6.07) is 0.